The summed E-state index contributed by atoms with van der Waals surface area (Å²) >= 11 is 0. The SMILES string of the molecule is Cc1ccc(C)c([C@H](C)NC(=O)c2ccc(Cn3nc(C)cc3C)cc2)c1. The number of aryl methyl sites for hydroxylation is 4. The molecule has 3 aromatic rings. The minimum absolute atomic E-state index is 0.0354. The lowest BCUT2D eigenvalue weighted by Crippen LogP contribution is -2.27. The zero-order valence-corrected chi connectivity index (χ0v) is 16.7. The summed E-state index contributed by atoms with van der Waals surface area (Å²) in [6.45, 7) is 10.9. The Morgan fingerprint density at radius 2 is 1.74 bits per heavy atom. The molecule has 0 fully saturated rings. The van der Waals surface area contributed by atoms with Crippen LogP contribution < -0.4 is 5.32 Å². The van der Waals surface area contributed by atoms with Gasteiger partial charge in [0.25, 0.3) is 5.91 Å². The Kier molecular flexibility index (Phi) is 5.45. The van der Waals surface area contributed by atoms with Gasteiger partial charge in [-0.3, -0.25) is 9.48 Å². The Balaban J connectivity index is 1.68. The number of nitrogens with one attached hydrogen (secondary N) is 1. The minimum Gasteiger partial charge on any atom is -0.346 e. The maximum absolute atomic E-state index is 12.6. The molecule has 0 saturated carbocycles. The number of carbonyl (C=O) groups excluding carboxylic acids is 1. The topological polar surface area (TPSA) is 46.9 Å². The zero-order chi connectivity index (χ0) is 19.6. The Bertz CT molecular complexity index is 954. The highest BCUT2D eigenvalue weighted by Crippen LogP contribution is 2.19. The maximum Gasteiger partial charge on any atom is 0.251 e. The molecule has 1 amide bonds. The molecular weight excluding hydrogens is 334 g/mol. The second-order valence-corrected chi connectivity index (χ2v) is 7.34. The summed E-state index contributed by atoms with van der Waals surface area (Å²) in [6.07, 6.45) is 0. The number of amides is 1. The van der Waals surface area contributed by atoms with E-state index in [1.807, 2.05) is 42.8 Å². The van der Waals surface area contributed by atoms with Gasteiger partial charge in [-0.1, -0.05) is 35.9 Å². The van der Waals surface area contributed by atoms with Crippen LogP contribution in [0.2, 0.25) is 0 Å². The zero-order valence-electron chi connectivity index (χ0n) is 16.7. The molecular formula is C23H27N3O. The molecule has 0 bridgehead atoms. The molecule has 0 saturated heterocycles. The van der Waals surface area contributed by atoms with Crippen LogP contribution in [0, 0.1) is 27.7 Å². The van der Waals surface area contributed by atoms with Crippen molar-refractivity contribution in [1.29, 1.82) is 0 Å². The molecule has 0 aliphatic heterocycles. The predicted octanol–water partition coefficient (Wildman–Crippen LogP) is 4.66. The van der Waals surface area contributed by atoms with E-state index in [9.17, 15) is 4.79 Å². The number of rotatable bonds is 5. The molecule has 1 atom stereocenters. The van der Waals surface area contributed by atoms with E-state index in [1.54, 1.807) is 0 Å². The normalized spacial score (nSPS) is 12.0. The van der Waals surface area contributed by atoms with Crippen LogP contribution in [0.25, 0.3) is 0 Å². The van der Waals surface area contributed by atoms with Crippen molar-refractivity contribution in [3.05, 3.63) is 87.7 Å². The summed E-state index contributed by atoms with van der Waals surface area (Å²) in [5, 5.41) is 7.59. The van der Waals surface area contributed by atoms with Gasteiger partial charge in [-0.2, -0.15) is 5.10 Å². The Morgan fingerprint density at radius 1 is 1.04 bits per heavy atom. The number of nitrogens with zero attached hydrogens (tertiary/aromatic N) is 2. The number of benzene rings is 2. The summed E-state index contributed by atoms with van der Waals surface area (Å²) in [5.74, 6) is -0.0546. The van der Waals surface area contributed by atoms with Crippen molar-refractivity contribution in [2.45, 2.75) is 47.2 Å². The third-order valence-electron chi connectivity index (χ3n) is 4.90. The van der Waals surface area contributed by atoms with Crippen LogP contribution in [0.4, 0.5) is 0 Å². The van der Waals surface area contributed by atoms with E-state index in [0.29, 0.717) is 12.1 Å². The summed E-state index contributed by atoms with van der Waals surface area (Å²) in [4.78, 5) is 12.6. The van der Waals surface area contributed by atoms with Crippen molar-refractivity contribution >= 4 is 5.91 Å². The van der Waals surface area contributed by atoms with Crippen LogP contribution in [0.15, 0.2) is 48.5 Å². The molecule has 1 heterocycles. The smallest absolute Gasteiger partial charge is 0.251 e. The van der Waals surface area contributed by atoms with Crippen molar-refractivity contribution in [1.82, 2.24) is 15.1 Å². The molecule has 0 aliphatic carbocycles. The van der Waals surface area contributed by atoms with Gasteiger partial charge in [-0.15, -0.1) is 0 Å². The van der Waals surface area contributed by atoms with Gasteiger partial charge in [0.15, 0.2) is 0 Å². The average Bonchev–Trinajstić information content (AvgIpc) is 2.94. The van der Waals surface area contributed by atoms with Crippen LogP contribution in [0.3, 0.4) is 0 Å². The summed E-state index contributed by atoms with van der Waals surface area (Å²) in [7, 11) is 0. The monoisotopic (exact) mass is 361 g/mol. The van der Waals surface area contributed by atoms with Gasteiger partial charge in [0.05, 0.1) is 18.3 Å². The number of hydrogen-bond donors (Lipinski definition) is 1. The lowest BCUT2D eigenvalue weighted by atomic mass is 9.99. The van der Waals surface area contributed by atoms with Gasteiger partial charge in [0.2, 0.25) is 0 Å². The van der Waals surface area contributed by atoms with Gasteiger partial charge < -0.3 is 5.32 Å². The van der Waals surface area contributed by atoms with E-state index < -0.39 is 0 Å². The van der Waals surface area contributed by atoms with Crippen LogP contribution >= 0.6 is 0 Å². The number of carbonyl (C=O) groups is 1. The standard InChI is InChI=1S/C23H27N3O/c1-15-6-7-16(2)22(12-15)19(5)24-23(27)21-10-8-20(9-11-21)14-26-18(4)13-17(3)25-26/h6-13,19H,14H2,1-5H3,(H,24,27)/t19-/m0/s1. The first-order valence-corrected chi connectivity index (χ1v) is 9.31. The molecule has 0 aliphatic rings. The van der Waals surface area contributed by atoms with Gasteiger partial charge in [-0.25, -0.2) is 0 Å². The molecule has 1 N–H and O–H groups in total. The largest absolute Gasteiger partial charge is 0.346 e. The van der Waals surface area contributed by atoms with E-state index in [4.69, 9.17) is 0 Å². The van der Waals surface area contributed by atoms with Crippen molar-refractivity contribution in [3.63, 3.8) is 0 Å². The van der Waals surface area contributed by atoms with E-state index in [2.05, 4.69) is 55.5 Å². The molecule has 27 heavy (non-hydrogen) atoms. The first-order valence-electron chi connectivity index (χ1n) is 9.31. The van der Waals surface area contributed by atoms with Crippen molar-refractivity contribution in [3.8, 4) is 0 Å². The van der Waals surface area contributed by atoms with Crippen LogP contribution in [-0.4, -0.2) is 15.7 Å². The Morgan fingerprint density at radius 3 is 2.37 bits per heavy atom. The third kappa shape index (κ3) is 4.45. The molecule has 4 nitrogen and oxygen atoms in total. The van der Waals surface area contributed by atoms with Crippen LogP contribution in [0.1, 0.15) is 57.0 Å². The van der Waals surface area contributed by atoms with E-state index in [1.165, 1.54) is 11.1 Å². The molecule has 3 rings (SSSR count). The fraction of sp³-hybridized carbons (Fsp3) is 0.304. The van der Waals surface area contributed by atoms with E-state index in [0.717, 1.165) is 22.5 Å². The van der Waals surface area contributed by atoms with Crippen molar-refractivity contribution in [2.75, 3.05) is 0 Å². The molecule has 0 spiro atoms. The summed E-state index contributed by atoms with van der Waals surface area (Å²) in [5.41, 5.74) is 7.49. The predicted molar refractivity (Wildman–Crippen MR) is 109 cm³/mol. The second kappa shape index (κ2) is 7.78. The van der Waals surface area contributed by atoms with Gasteiger partial charge in [0, 0.05) is 11.3 Å². The third-order valence-corrected chi connectivity index (χ3v) is 4.90. The first-order chi connectivity index (χ1) is 12.8. The highest BCUT2D eigenvalue weighted by Gasteiger charge is 2.13. The van der Waals surface area contributed by atoms with Gasteiger partial charge in [0.1, 0.15) is 0 Å². The van der Waals surface area contributed by atoms with Gasteiger partial charge >= 0.3 is 0 Å². The summed E-state index contributed by atoms with van der Waals surface area (Å²) in [6, 6.07) is 16.1. The van der Waals surface area contributed by atoms with E-state index in [-0.39, 0.29) is 11.9 Å². The molecule has 4 heteroatoms. The fourth-order valence-electron chi connectivity index (χ4n) is 3.35. The molecule has 1 aromatic heterocycles. The Labute approximate surface area is 161 Å². The number of aromatic nitrogens is 2. The lowest BCUT2D eigenvalue weighted by molar-refractivity contribution is 0.0940. The highest BCUT2D eigenvalue weighted by atomic mass is 16.1. The minimum atomic E-state index is -0.0546. The average molecular weight is 361 g/mol. The lowest BCUT2D eigenvalue weighted by Gasteiger charge is -2.17. The first kappa shape index (κ1) is 18.9. The van der Waals surface area contributed by atoms with Gasteiger partial charge in [-0.05, 0) is 69.5 Å². The van der Waals surface area contributed by atoms with Crippen LogP contribution in [0.5, 0.6) is 0 Å². The number of hydrogen-bond acceptors (Lipinski definition) is 2. The van der Waals surface area contributed by atoms with Crippen molar-refractivity contribution < 1.29 is 4.79 Å². The Hall–Kier alpha value is -2.88. The van der Waals surface area contributed by atoms with Crippen LogP contribution in [-0.2, 0) is 6.54 Å². The molecule has 140 valence electrons. The van der Waals surface area contributed by atoms with Crippen molar-refractivity contribution in [2.24, 2.45) is 0 Å². The fourth-order valence-corrected chi connectivity index (χ4v) is 3.35. The quantitative estimate of drug-likeness (QED) is 0.719. The second-order valence-electron chi connectivity index (χ2n) is 7.34. The summed E-state index contributed by atoms with van der Waals surface area (Å²) < 4.78 is 1.98. The maximum atomic E-state index is 12.6. The highest BCUT2D eigenvalue weighted by molar-refractivity contribution is 5.94. The molecule has 0 unspecified atom stereocenters. The van der Waals surface area contributed by atoms with E-state index >= 15 is 0 Å². The molecule has 2 aromatic carbocycles. The molecule has 0 radical (unpaired) electrons.